The second-order valence-corrected chi connectivity index (χ2v) is 2.43. The van der Waals surface area contributed by atoms with Gasteiger partial charge in [-0.2, -0.15) is 0 Å². The molecule has 0 spiro atoms. The van der Waals surface area contributed by atoms with Crippen LogP contribution in [0.5, 0.6) is 0 Å². The molecule has 0 saturated carbocycles. The number of nitrogens with zero attached hydrogens (tertiary/aromatic N) is 2. The second-order valence-electron chi connectivity index (χ2n) is 2.43. The molecule has 0 aliphatic heterocycles. The summed E-state index contributed by atoms with van der Waals surface area (Å²) in [4.78, 5) is 4.21. The van der Waals surface area contributed by atoms with Crippen molar-refractivity contribution in [3.8, 4) is 0 Å². The van der Waals surface area contributed by atoms with Crippen LogP contribution in [0.2, 0.25) is 0 Å². The Morgan fingerprint density at radius 2 is 2.25 bits per heavy atom. The van der Waals surface area contributed by atoms with Gasteiger partial charge < -0.3 is 11.3 Å². The number of fused-ring (bicyclic) bond motifs is 1. The first-order valence-corrected chi connectivity index (χ1v) is 3.62. The summed E-state index contributed by atoms with van der Waals surface area (Å²) >= 11 is 0. The molecular weight excluding hydrogens is 225 g/mol. The maximum atomic E-state index is 4.21. The SMILES string of the molecule is [CH2-]Cc1cnc2ccccn12.[Y]. The van der Waals surface area contributed by atoms with E-state index in [1.807, 2.05) is 35.0 Å². The topological polar surface area (TPSA) is 17.3 Å². The Kier molecular flexibility index (Phi) is 3.42. The van der Waals surface area contributed by atoms with E-state index < -0.39 is 0 Å². The van der Waals surface area contributed by atoms with Crippen molar-refractivity contribution in [2.24, 2.45) is 0 Å². The summed E-state index contributed by atoms with van der Waals surface area (Å²) in [6.07, 6.45) is 4.65. The van der Waals surface area contributed by atoms with Crippen molar-refractivity contribution >= 4 is 5.65 Å². The smallest absolute Gasteiger partial charge is 0.136 e. The summed E-state index contributed by atoms with van der Waals surface area (Å²) in [7, 11) is 0. The number of rotatable bonds is 1. The fourth-order valence-corrected chi connectivity index (χ4v) is 1.17. The maximum absolute atomic E-state index is 4.21. The Morgan fingerprint density at radius 3 is 3.00 bits per heavy atom. The van der Waals surface area contributed by atoms with Gasteiger partial charge in [0.15, 0.2) is 0 Å². The third kappa shape index (κ3) is 1.59. The molecule has 0 saturated heterocycles. The van der Waals surface area contributed by atoms with Gasteiger partial charge in [-0.1, -0.05) is 6.07 Å². The maximum Gasteiger partial charge on any atom is 0.136 e. The van der Waals surface area contributed by atoms with E-state index in [0.29, 0.717) is 0 Å². The van der Waals surface area contributed by atoms with Crippen LogP contribution in [0.4, 0.5) is 0 Å². The zero-order chi connectivity index (χ0) is 7.68. The van der Waals surface area contributed by atoms with Crippen LogP contribution in [0.15, 0.2) is 30.6 Å². The van der Waals surface area contributed by atoms with Gasteiger partial charge in [-0.15, -0.1) is 6.42 Å². The molecule has 2 aromatic heterocycles. The predicted octanol–water partition coefficient (Wildman–Crippen LogP) is 1.71. The van der Waals surface area contributed by atoms with Crippen LogP contribution in [-0.4, -0.2) is 9.38 Å². The van der Waals surface area contributed by atoms with Crippen LogP contribution in [0, 0.1) is 6.92 Å². The van der Waals surface area contributed by atoms with E-state index in [9.17, 15) is 0 Å². The van der Waals surface area contributed by atoms with Crippen molar-refractivity contribution in [2.75, 3.05) is 0 Å². The van der Waals surface area contributed by atoms with Crippen molar-refractivity contribution in [1.29, 1.82) is 0 Å². The van der Waals surface area contributed by atoms with E-state index in [1.54, 1.807) is 0 Å². The van der Waals surface area contributed by atoms with E-state index >= 15 is 0 Å². The summed E-state index contributed by atoms with van der Waals surface area (Å²) < 4.78 is 2.05. The average Bonchev–Trinajstić information content (AvgIpc) is 2.47. The van der Waals surface area contributed by atoms with Gasteiger partial charge in [0, 0.05) is 50.8 Å². The monoisotopic (exact) mass is 234 g/mol. The van der Waals surface area contributed by atoms with E-state index in [-0.39, 0.29) is 32.7 Å². The van der Waals surface area contributed by atoms with Crippen molar-refractivity contribution in [3.05, 3.63) is 43.2 Å². The van der Waals surface area contributed by atoms with Crippen LogP contribution >= 0.6 is 0 Å². The van der Waals surface area contributed by atoms with Crippen LogP contribution in [0.25, 0.3) is 5.65 Å². The van der Waals surface area contributed by atoms with Gasteiger partial charge in [-0.05, 0) is 12.1 Å². The molecule has 1 radical (unpaired) electrons. The quantitative estimate of drug-likeness (QED) is 0.686. The molecule has 0 N–H and O–H groups in total. The normalized spacial score (nSPS) is 9.75. The third-order valence-corrected chi connectivity index (χ3v) is 1.75. The Bertz CT molecular complexity index is 367. The molecule has 0 aromatic carbocycles. The Balaban J connectivity index is 0.000000720. The Morgan fingerprint density at radius 1 is 1.42 bits per heavy atom. The molecule has 3 heteroatoms. The molecule has 0 atom stereocenters. The summed E-state index contributed by atoms with van der Waals surface area (Å²) in [6.45, 7) is 3.82. The van der Waals surface area contributed by atoms with Gasteiger partial charge >= 0.3 is 0 Å². The van der Waals surface area contributed by atoms with Crippen LogP contribution in [0.1, 0.15) is 5.69 Å². The first kappa shape index (κ1) is 9.88. The molecule has 0 bridgehead atoms. The van der Waals surface area contributed by atoms with Crippen molar-refractivity contribution in [1.82, 2.24) is 9.38 Å². The molecule has 0 aliphatic rings. The van der Waals surface area contributed by atoms with E-state index in [1.165, 1.54) is 0 Å². The van der Waals surface area contributed by atoms with Crippen LogP contribution in [-0.2, 0) is 39.1 Å². The Labute approximate surface area is 96.9 Å². The zero-order valence-corrected chi connectivity index (χ0v) is 9.61. The minimum Gasteiger partial charge on any atom is -0.338 e. The van der Waals surface area contributed by atoms with E-state index in [4.69, 9.17) is 0 Å². The first-order valence-electron chi connectivity index (χ1n) is 3.62. The molecule has 0 amide bonds. The minimum atomic E-state index is 0. The van der Waals surface area contributed by atoms with Gasteiger partial charge in [0.2, 0.25) is 0 Å². The Hall–Kier alpha value is -0.206. The molecule has 0 unspecified atom stereocenters. The fourth-order valence-electron chi connectivity index (χ4n) is 1.17. The summed E-state index contributed by atoms with van der Waals surface area (Å²) in [6, 6.07) is 5.96. The predicted molar refractivity (Wildman–Crippen MR) is 44.3 cm³/mol. The average molecular weight is 234 g/mol. The molecule has 59 valence electrons. The third-order valence-electron chi connectivity index (χ3n) is 1.75. The van der Waals surface area contributed by atoms with E-state index in [0.717, 1.165) is 17.8 Å². The largest absolute Gasteiger partial charge is 0.338 e. The summed E-state index contributed by atoms with van der Waals surface area (Å²) in [5.41, 5.74) is 2.15. The van der Waals surface area contributed by atoms with Crippen LogP contribution in [0.3, 0.4) is 0 Å². The first-order chi connectivity index (χ1) is 5.42. The number of hydrogen-bond acceptors (Lipinski definition) is 1. The van der Waals surface area contributed by atoms with Gasteiger partial charge in [-0.25, -0.2) is 4.98 Å². The number of pyridine rings is 1. The van der Waals surface area contributed by atoms with E-state index in [2.05, 4.69) is 11.9 Å². The molecule has 2 heterocycles. The molecule has 2 aromatic rings. The fraction of sp³-hybridized carbons (Fsp3) is 0.111. The molecule has 2 nitrogen and oxygen atoms in total. The van der Waals surface area contributed by atoms with Crippen molar-refractivity contribution in [2.45, 2.75) is 6.42 Å². The molecule has 2 rings (SSSR count). The minimum absolute atomic E-state index is 0. The number of imidazole rings is 1. The summed E-state index contributed by atoms with van der Waals surface area (Å²) in [5, 5.41) is 0. The number of hydrogen-bond donors (Lipinski definition) is 0. The van der Waals surface area contributed by atoms with Crippen LogP contribution < -0.4 is 0 Å². The molecule has 0 fully saturated rings. The molecular formula is C9H9N2Y-. The second kappa shape index (κ2) is 4.15. The molecule has 12 heavy (non-hydrogen) atoms. The van der Waals surface area contributed by atoms with Gasteiger partial charge in [0.25, 0.3) is 0 Å². The van der Waals surface area contributed by atoms with Gasteiger partial charge in [0.1, 0.15) is 5.65 Å². The zero-order valence-electron chi connectivity index (χ0n) is 6.77. The number of aromatic nitrogens is 2. The van der Waals surface area contributed by atoms with Gasteiger partial charge in [0.05, 0.1) is 0 Å². The standard InChI is InChI=1S/C9H9N2.Y/c1-2-8-7-10-9-5-3-4-6-11(8)9;/h3-7H,1-2H2;/q-1;. The van der Waals surface area contributed by atoms with Gasteiger partial charge in [-0.3, -0.25) is 0 Å². The summed E-state index contributed by atoms with van der Waals surface area (Å²) in [5.74, 6) is 0. The van der Waals surface area contributed by atoms with Crippen molar-refractivity contribution in [3.63, 3.8) is 0 Å². The van der Waals surface area contributed by atoms with Crippen molar-refractivity contribution < 1.29 is 32.7 Å². The molecule has 0 aliphatic carbocycles.